The van der Waals surface area contributed by atoms with Crippen molar-refractivity contribution in [1.82, 2.24) is 5.32 Å². The van der Waals surface area contributed by atoms with Crippen LogP contribution >= 0.6 is 7.60 Å². The summed E-state index contributed by atoms with van der Waals surface area (Å²) in [5.41, 5.74) is 1.12. The van der Waals surface area contributed by atoms with E-state index in [0.29, 0.717) is 19.1 Å². The van der Waals surface area contributed by atoms with Gasteiger partial charge in [-0.25, -0.2) is 0 Å². The first kappa shape index (κ1) is 15.7. The van der Waals surface area contributed by atoms with Crippen molar-refractivity contribution in [3.05, 3.63) is 29.8 Å². The summed E-state index contributed by atoms with van der Waals surface area (Å²) in [6.07, 6.45) is 2.13. The standard InChI is InChI=1S/C15H24NO3P/c1-3-18-20(17,19-4-2)15-8-6-5-7-14(15)13-9-11-16-12-10-13/h5-8,13,16H,3-4,9-12H2,1-2H3. The van der Waals surface area contributed by atoms with Gasteiger partial charge in [0.25, 0.3) is 0 Å². The Balaban J connectivity index is 2.36. The summed E-state index contributed by atoms with van der Waals surface area (Å²) in [6.45, 7) is 6.48. The number of hydrogen-bond donors (Lipinski definition) is 1. The van der Waals surface area contributed by atoms with Gasteiger partial charge < -0.3 is 14.4 Å². The maximum absolute atomic E-state index is 13.0. The van der Waals surface area contributed by atoms with E-state index in [0.717, 1.165) is 36.8 Å². The smallest absolute Gasteiger partial charge is 0.317 e. The molecule has 0 amide bonds. The third-order valence-electron chi connectivity index (χ3n) is 3.61. The van der Waals surface area contributed by atoms with Gasteiger partial charge in [-0.2, -0.15) is 0 Å². The number of nitrogens with one attached hydrogen (secondary N) is 1. The molecule has 2 rings (SSSR count). The normalized spacial score (nSPS) is 17.3. The van der Waals surface area contributed by atoms with Crippen molar-refractivity contribution in [2.45, 2.75) is 32.6 Å². The van der Waals surface area contributed by atoms with Gasteiger partial charge in [-0.05, 0) is 57.3 Å². The van der Waals surface area contributed by atoms with Crippen LogP contribution in [0.2, 0.25) is 0 Å². The number of piperidine rings is 1. The number of benzene rings is 1. The molecular weight excluding hydrogens is 273 g/mol. The fourth-order valence-corrected chi connectivity index (χ4v) is 4.61. The highest BCUT2D eigenvalue weighted by molar-refractivity contribution is 7.62. The summed E-state index contributed by atoms with van der Waals surface area (Å²) in [7, 11) is -3.20. The largest absolute Gasteiger partial charge is 0.361 e. The van der Waals surface area contributed by atoms with Crippen molar-refractivity contribution in [3.63, 3.8) is 0 Å². The molecule has 1 saturated heterocycles. The Morgan fingerprint density at radius 1 is 1.15 bits per heavy atom. The van der Waals surface area contributed by atoms with Gasteiger partial charge in [0.2, 0.25) is 0 Å². The second-order valence-corrected chi connectivity index (χ2v) is 6.91. The lowest BCUT2D eigenvalue weighted by atomic mass is 9.90. The fraction of sp³-hybridized carbons (Fsp3) is 0.600. The summed E-state index contributed by atoms with van der Waals surface area (Å²) >= 11 is 0. The first-order valence-electron chi connectivity index (χ1n) is 7.40. The lowest BCUT2D eigenvalue weighted by molar-refractivity contribution is 0.229. The first-order chi connectivity index (χ1) is 9.71. The van der Waals surface area contributed by atoms with E-state index in [9.17, 15) is 4.57 Å². The zero-order chi connectivity index (χ0) is 14.4. The van der Waals surface area contributed by atoms with Gasteiger partial charge in [-0.15, -0.1) is 0 Å². The second-order valence-electron chi connectivity index (χ2n) is 4.92. The molecule has 1 aromatic carbocycles. The molecule has 4 nitrogen and oxygen atoms in total. The van der Waals surface area contributed by atoms with Crippen molar-refractivity contribution in [3.8, 4) is 0 Å². The molecule has 1 N–H and O–H groups in total. The van der Waals surface area contributed by atoms with E-state index >= 15 is 0 Å². The van der Waals surface area contributed by atoms with Crippen LogP contribution in [0.15, 0.2) is 24.3 Å². The molecule has 0 radical (unpaired) electrons. The maximum Gasteiger partial charge on any atom is 0.361 e. The van der Waals surface area contributed by atoms with E-state index in [1.54, 1.807) is 0 Å². The molecule has 0 bridgehead atoms. The Morgan fingerprint density at radius 2 is 1.75 bits per heavy atom. The van der Waals surface area contributed by atoms with E-state index in [4.69, 9.17) is 9.05 Å². The molecule has 1 heterocycles. The summed E-state index contributed by atoms with van der Waals surface area (Å²) in [5, 5.41) is 4.11. The topological polar surface area (TPSA) is 47.6 Å². The zero-order valence-electron chi connectivity index (χ0n) is 12.3. The Hall–Kier alpha value is -0.670. The summed E-state index contributed by atoms with van der Waals surface area (Å²) in [5.74, 6) is 0.432. The molecular formula is C15H24NO3P. The lowest BCUT2D eigenvalue weighted by Gasteiger charge is -2.27. The summed E-state index contributed by atoms with van der Waals surface area (Å²) in [4.78, 5) is 0. The van der Waals surface area contributed by atoms with Crippen LogP contribution in [0.25, 0.3) is 0 Å². The molecule has 112 valence electrons. The van der Waals surface area contributed by atoms with Crippen LogP contribution in [0.4, 0.5) is 0 Å². The molecule has 1 aliphatic rings. The maximum atomic E-state index is 13.0. The van der Waals surface area contributed by atoms with Gasteiger partial charge in [0.05, 0.1) is 18.5 Å². The molecule has 1 aliphatic heterocycles. The third kappa shape index (κ3) is 3.50. The van der Waals surface area contributed by atoms with E-state index in [1.807, 2.05) is 32.0 Å². The van der Waals surface area contributed by atoms with Crippen molar-refractivity contribution < 1.29 is 13.6 Å². The minimum atomic E-state index is -3.20. The highest BCUT2D eigenvalue weighted by atomic mass is 31.2. The average molecular weight is 297 g/mol. The zero-order valence-corrected chi connectivity index (χ0v) is 13.2. The number of hydrogen-bond acceptors (Lipinski definition) is 4. The quantitative estimate of drug-likeness (QED) is 0.820. The third-order valence-corrected chi connectivity index (χ3v) is 5.80. The average Bonchev–Trinajstić information content (AvgIpc) is 2.49. The molecule has 0 saturated carbocycles. The van der Waals surface area contributed by atoms with Crippen molar-refractivity contribution in [2.75, 3.05) is 26.3 Å². The van der Waals surface area contributed by atoms with Crippen LogP contribution in [0.5, 0.6) is 0 Å². The molecule has 0 atom stereocenters. The monoisotopic (exact) mass is 297 g/mol. The van der Waals surface area contributed by atoms with Gasteiger partial charge in [0.1, 0.15) is 0 Å². The fourth-order valence-electron chi connectivity index (χ4n) is 2.73. The molecule has 20 heavy (non-hydrogen) atoms. The highest BCUT2D eigenvalue weighted by Gasteiger charge is 2.31. The van der Waals surface area contributed by atoms with E-state index in [1.165, 1.54) is 0 Å². The van der Waals surface area contributed by atoms with E-state index in [2.05, 4.69) is 11.4 Å². The molecule has 1 fully saturated rings. The molecule has 0 spiro atoms. The predicted molar refractivity (Wildman–Crippen MR) is 81.8 cm³/mol. The van der Waals surface area contributed by atoms with Gasteiger partial charge in [-0.1, -0.05) is 18.2 Å². The second kappa shape index (κ2) is 7.37. The van der Waals surface area contributed by atoms with Crippen LogP contribution in [0, 0.1) is 0 Å². The van der Waals surface area contributed by atoms with E-state index in [-0.39, 0.29) is 0 Å². The molecule has 1 aromatic rings. The predicted octanol–water partition coefficient (Wildman–Crippen LogP) is 3.05. The van der Waals surface area contributed by atoms with Crippen LogP contribution < -0.4 is 10.6 Å². The Bertz CT molecular complexity index is 462. The Labute approximate surface area is 121 Å². The molecule has 0 unspecified atom stereocenters. The lowest BCUT2D eigenvalue weighted by Crippen LogP contribution is -2.29. The van der Waals surface area contributed by atoms with Gasteiger partial charge in [0, 0.05) is 0 Å². The molecule has 0 aliphatic carbocycles. The van der Waals surface area contributed by atoms with Gasteiger partial charge >= 0.3 is 7.60 Å². The van der Waals surface area contributed by atoms with Crippen LogP contribution in [-0.4, -0.2) is 26.3 Å². The minimum Gasteiger partial charge on any atom is -0.317 e. The Kier molecular flexibility index (Phi) is 5.79. The van der Waals surface area contributed by atoms with Crippen LogP contribution in [0.1, 0.15) is 38.2 Å². The molecule has 5 heteroatoms. The summed E-state index contributed by atoms with van der Waals surface area (Å²) in [6, 6.07) is 7.87. The number of rotatable bonds is 6. The first-order valence-corrected chi connectivity index (χ1v) is 8.95. The van der Waals surface area contributed by atoms with Gasteiger partial charge in [-0.3, -0.25) is 4.57 Å². The minimum absolute atomic E-state index is 0.387. The highest BCUT2D eigenvalue weighted by Crippen LogP contribution is 2.49. The molecule has 0 aromatic heterocycles. The van der Waals surface area contributed by atoms with Crippen LogP contribution in [0.3, 0.4) is 0 Å². The summed E-state index contributed by atoms with van der Waals surface area (Å²) < 4.78 is 24.0. The Morgan fingerprint density at radius 3 is 2.35 bits per heavy atom. The SMILES string of the molecule is CCOP(=O)(OCC)c1ccccc1C1CCNCC1. The van der Waals surface area contributed by atoms with Crippen molar-refractivity contribution in [1.29, 1.82) is 0 Å². The van der Waals surface area contributed by atoms with Crippen molar-refractivity contribution in [2.24, 2.45) is 0 Å². The van der Waals surface area contributed by atoms with Crippen LogP contribution in [-0.2, 0) is 13.6 Å². The van der Waals surface area contributed by atoms with Crippen molar-refractivity contribution >= 4 is 12.9 Å². The van der Waals surface area contributed by atoms with Gasteiger partial charge in [0.15, 0.2) is 0 Å². The van der Waals surface area contributed by atoms with E-state index < -0.39 is 7.60 Å².